The lowest BCUT2D eigenvalue weighted by molar-refractivity contribution is 0.0846. The molecule has 0 saturated carbocycles. The summed E-state index contributed by atoms with van der Waals surface area (Å²) >= 11 is 7.95. The molecule has 0 aliphatic carbocycles. The molecule has 6 nitrogen and oxygen atoms in total. The number of rotatable bonds is 5. The van der Waals surface area contributed by atoms with Crippen molar-refractivity contribution < 1.29 is 19.1 Å². The lowest BCUT2D eigenvalue weighted by atomic mass is 10.2. The van der Waals surface area contributed by atoms with Crippen LogP contribution < -0.4 is 20.3 Å². The highest BCUT2D eigenvalue weighted by molar-refractivity contribution is 14.1. The van der Waals surface area contributed by atoms with Gasteiger partial charge in [0.25, 0.3) is 11.8 Å². The molecular formula is C17H16ClIN2O4. The number of halogens is 2. The molecule has 2 amide bonds. The Bertz CT molecular complexity index is 798. The summed E-state index contributed by atoms with van der Waals surface area (Å²) in [4.78, 5) is 24.3. The Kier molecular flexibility index (Phi) is 6.89. The molecule has 0 fully saturated rings. The first-order chi connectivity index (χ1) is 12.0. The number of carbonyl (C=O) groups is 2. The van der Waals surface area contributed by atoms with E-state index < -0.39 is 11.8 Å². The summed E-state index contributed by atoms with van der Waals surface area (Å²) in [6.45, 7) is 2.34. The van der Waals surface area contributed by atoms with Crippen LogP contribution in [0.2, 0.25) is 5.02 Å². The Balaban J connectivity index is 2.04. The third-order valence-electron chi connectivity index (χ3n) is 3.20. The maximum Gasteiger partial charge on any atom is 0.269 e. The van der Waals surface area contributed by atoms with Crippen LogP contribution in [-0.4, -0.2) is 25.5 Å². The largest absolute Gasteiger partial charge is 0.493 e. The number of amides is 2. The van der Waals surface area contributed by atoms with E-state index in [0.717, 1.165) is 3.57 Å². The normalized spacial score (nSPS) is 10.1. The average molecular weight is 475 g/mol. The molecule has 2 N–H and O–H groups in total. The molecule has 2 aromatic carbocycles. The van der Waals surface area contributed by atoms with Crippen LogP contribution in [0.3, 0.4) is 0 Å². The highest BCUT2D eigenvalue weighted by Gasteiger charge is 2.13. The van der Waals surface area contributed by atoms with E-state index in [-0.39, 0.29) is 0 Å². The lowest BCUT2D eigenvalue weighted by Crippen LogP contribution is -2.41. The van der Waals surface area contributed by atoms with E-state index in [0.29, 0.717) is 34.3 Å². The van der Waals surface area contributed by atoms with Crippen LogP contribution in [0.25, 0.3) is 0 Å². The van der Waals surface area contributed by atoms with Crippen LogP contribution in [0, 0.1) is 3.57 Å². The summed E-state index contributed by atoms with van der Waals surface area (Å²) in [6, 6.07) is 9.59. The highest BCUT2D eigenvalue weighted by Crippen LogP contribution is 2.28. The van der Waals surface area contributed by atoms with E-state index in [1.165, 1.54) is 13.2 Å². The maximum atomic E-state index is 12.2. The number of benzene rings is 2. The van der Waals surface area contributed by atoms with Gasteiger partial charge in [-0.15, -0.1) is 0 Å². The van der Waals surface area contributed by atoms with Gasteiger partial charge in [-0.05, 0) is 65.9 Å². The summed E-state index contributed by atoms with van der Waals surface area (Å²) in [6.07, 6.45) is 0. The number of hydrogen-bond donors (Lipinski definition) is 2. The minimum absolute atomic E-state index is 0.325. The van der Waals surface area contributed by atoms with Crippen LogP contribution in [0.4, 0.5) is 0 Å². The lowest BCUT2D eigenvalue weighted by Gasteiger charge is -2.12. The van der Waals surface area contributed by atoms with Gasteiger partial charge in [0.1, 0.15) is 0 Å². The Labute approximate surface area is 163 Å². The summed E-state index contributed by atoms with van der Waals surface area (Å²) in [5.74, 6) is 0.0635. The van der Waals surface area contributed by atoms with Gasteiger partial charge in [-0.1, -0.05) is 11.6 Å². The van der Waals surface area contributed by atoms with Crippen molar-refractivity contribution in [3.8, 4) is 11.5 Å². The van der Waals surface area contributed by atoms with E-state index >= 15 is 0 Å². The monoisotopic (exact) mass is 474 g/mol. The van der Waals surface area contributed by atoms with Gasteiger partial charge in [-0.25, -0.2) is 0 Å². The molecule has 0 saturated heterocycles. The molecule has 2 rings (SSSR count). The first-order valence-corrected chi connectivity index (χ1v) is 8.78. The Hall–Kier alpha value is -2.00. The van der Waals surface area contributed by atoms with Gasteiger partial charge >= 0.3 is 0 Å². The zero-order valence-corrected chi connectivity index (χ0v) is 16.5. The van der Waals surface area contributed by atoms with Crippen LogP contribution >= 0.6 is 34.2 Å². The van der Waals surface area contributed by atoms with Gasteiger partial charge in [-0.2, -0.15) is 0 Å². The van der Waals surface area contributed by atoms with Crippen LogP contribution in [-0.2, 0) is 0 Å². The molecule has 25 heavy (non-hydrogen) atoms. The zero-order valence-electron chi connectivity index (χ0n) is 13.6. The third-order valence-corrected chi connectivity index (χ3v) is 4.74. The average Bonchev–Trinajstić information content (AvgIpc) is 2.62. The molecule has 0 atom stereocenters. The summed E-state index contributed by atoms with van der Waals surface area (Å²) in [5, 5.41) is 0.558. The molecule has 0 aliphatic heterocycles. The number of carbonyl (C=O) groups excluding carboxylic acids is 2. The van der Waals surface area contributed by atoms with Gasteiger partial charge in [0.15, 0.2) is 11.5 Å². The SMILES string of the molecule is CCOc1ccc(C(=O)NNC(=O)c2ccc(Cl)c(I)c2)cc1OC. The number of hydrogen-bond acceptors (Lipinski definition) is 4. The molecule has 0 heterocycles. The predicted molar refractivity (Wildman–Crippen MR) is 103 cm³/mol. The van der Waals surface area contributed by atoms with Crippen molar-refractivity contribution in [2.75, 3.05) is 13.7 Å². The third kappa shape index (κ3) is 4.99. The van der Waals surface area contributed by atoms with Crippen LogP contribution in [0.1, 0.15) is 27.6 Å². The fourth-order valence-electron chi connectivity index (χ4n) is 1.98. The molecule has 0 aliphatic rings. The van der Waals surface area contributed by atoms with E-state index in [9.17, 15) is 9.59 Å². The van der Waals surface area contributed by atoms with Crippen LogP contribution in [0.15, 0.2) is 36.4 Å². The van der Waals surface area contributed by atoms with E-state index in [1.807, 2.05) is 29.5 Å². The second-order valence-corrected chi connectivity index (χ2v) is 6.41. The molecule has 0 unspecified atom stereocenters. The molecule has 132 valence electrons. The molecule has 0 spiro atoms. The Morgan fingerprint density at radius 3 is 2.20 bits per heavy atom. The van der Waals surface area contributed by atoms with Crippen molar-refractivity contribution in [3.63, 3.8) is 0 Å². The van der Waals surface area contributed by atoms with Gasteiger partial charge in [0.05, 0.1) is 18.7 Å². The quantitative estimate of drug-likeness (QED) is 0.514. The highest BCUT2D eigenvalue weighted by atomic mass is 127. The molecule has 0 bridgehead atoms. The molecule has 2 aromatic rings. The number of hydrazine groups is 1. The first kappa shape index (κ1) is 19.3. The van der Waals surface area contributed by atoms with Crippen LogP contribution in [0.5, 0.6) is 11.5 Å². The summed E-state index contributed by atoms with van der Waals surface area (Å²) in [5.41, 5.74) is 5.44. The Morgan fingerprint density at radius 1 is 1.04 bits per heavy atom. The topological polar surface area (TPSA) is 76.7 Å². The van der Waals surface area contributed by atoms with Crippen molar-refractivity contribution in [2.24, 2.45) is 0 Å². The number of methoxy groups -OCH3 is 1. The van der Waals surface area contributed by atoms with Crippen molar-refractivity contribution in [1.29, 1.82) is 0 Å². The standard InChI is InChI=1S/C17H16ClIN2O4/c1-3-25-14-7-5-11(9-15(14)24-2)17(23)21-20-16(22)10-4-6-12(18)13(19)8-10/h4-9H,3H2,1-2H3,(H,20,22)(H,21,23). The Morgan fingerprint density at radius 2 is 1.64 bits per heavy atom. The van der Waals surface area contributed by atoms with Gasteiger partial charge in [0.2, 0.25) is 0 Å². The zero-order chi connectivity index (χ0) is 18.4. The number of ether oxygens (including phenoxy) is 2. The van der Waals surface area contributed by atoms with Crippen molar-refractivity contribution >= 4 is 46.0 Å². The smallest absolute Gasteiger partial charge is 0.269 e. The molecule has 8 heteroatoms. The molecular weight excluding hydrogens is 459 g/mol. The predicted octanol–water partition coefficient (Wildman–Crippen LogP) is 3.43. The first-order valence-electron chi connectivity index (χ1n) is 7.32. The second-order valence-electron chi connectivity index (χ2n) is 4.84. The van der Waals surface area contributed by atoms with Gasteiger partial charge in [-0.3, -0.25) is 20.4 Å². The van der Waals surface area contributed by atoms with E-state index in [1.54, 1.807) is 30.3 Å². The number of nitrogens with one attached hydrogen (secondary N) is 2. The van der Waals surface area contributed by atoms with Gasteiger partial charge in [0, 0.05) is 14.7 Å². The minimum atomic E-state index is -0.474. The maximum absolute atomic E-state index is 12.2. The fourth-order valence-corrected chi connectivity index (χ4v) is 2.61. The van der Waals surface area contributed by atoms with Crippen molar-refractivity contribution in [1.82, 2.24) is 10.9 Å². The summed E-state index contributed by atoms with van der Waals surface area (Å²) in [7, 11) is 1.49. The van der Waals surface area contributed by atoms with Gasteiger partial charge < -0.3 is 9.47 Å². The minimum Gasteiger partial charge on any atom is -0.493 e. The van der Waals surface area contributed by atoms with Crippen molar-refractivity contribution in [2.45, 2.75) is 6.92 Å². The molecule has 0 radical (unpaired) electrons. The molecule has 0 aromatic heterocycles. The van der Waals surface area contributed by atoms with E-state index in [4.69, 9.17) is 21.1 Å². The van der Waals surface area contributed by atoms with E-state index in [2.05, 4.69) is 10.9 Å². The summed E-state index contributed by atoms with van der Waals surface area (Å²) < 4.78 is 11.3. The fraction of sp³-hybridized carbons (Fsp3) is 0.176. The second kappa shape index (κ2) is 8.91. The van der Waals surface area contributed by atoms with Crippen molar-refractivity contribution in [3.05, 3.63) is 56.1 Å².